The molecule has 1 fully saturated rings. The van der Waals surface area contributed by atoms with E-state index in [2.05, 4.69) is 161 Å². The molecule has 0 aromatic rings. The van der Waals surface area contributed by atoms with Crippen molar-refractivity contribution in [2.45, 2.75) is 212 Å². The number of hydrogen-bond acceptors (Lipinski definition) is 11. The van der Waals surface area contributed by atoms with Gasteiger partial charge >= 0.3 is 23.9 Å². The van der Waals surface area contributed by atoms with E-state index in [0.29, 0.717) is 25.7 Å². The van der Waals surface area contributed by atoms with Gasteiger partial charge in [-0.2, -0.15) is 0 Å². The average molecular weight is 1070 g/mol. The maximum atomic E-state index is 13.1. The lowest BCUT2D eigenvalue weighted by atomic mass is 9.98. The summed E-state index contributed by atoms with van der Waals surface area (Å²) in [6, 6.07) is 0. The molecule has 12 heteroatoms. The Labute approximate surface area is 463 Å². The van der Waals surface area contributed by atoms with Gasteiger partial charge in [0, 0.05) is 19.3 Å². The Balaban J connectivity index is 2.80. The minimum absolute atomic E-state index is 0.0823. The van der Waals surface area contributed by atoms with Crippen LogP contribution in [0.3, 0.4) is 0 Å². The van der Waals surface area contributed by atoms with Crippen molar-refractivity contribution in [3.05, 3.63) is 158 Å². The maximum absolute atomic E-state index is 13.1. The largest absolute Gasteiger partial charge is 0.479 e. The Morgan fingerprint density at radius 2 is 0.805 bits per heavy atom. The molecular formula is C65H96O12. The minimum Gasteiger partial charge on any atom is -0.479 e. The number of aliphatic hydroxyl groups is 2. The van der Waals surface area contributed by atoms with Gasteiger partial charge in [-0.1, -0.05) is 185 Å². The van der Waals surface area contributed by atoms with E-state index in [4.69, 9.17) is 23.7 Å². The number of aliphatic carboxylic acids is 1. The molecule has 77 heavy (non-hydrogen) atoms. The lowest BCUT2D eigenvalue weighted by Crippen LogP contribution is -2.61. The molecule has 1 rings (SSSR count). The van der Waals surface area contributed by atoms with Crippen LogP contribution in [0.1, 0.15) is 175 Å². The predicted molar refractivity (Wildman–Crippen MR) is 312 cm³/mol. The van der Waals surface area contributed by atoms with Crippen molar-refractivity contribution in [1.29, 1.82) is 0 Å². The standard InChI is InChI=1S/C65H96O12/c1-4-7-10-13-16-19-22-25-27-28-29-30-32-35-38-41-44-47-50-53-59(68)76-63-61(70)60(69)62(64(71)72)77-65(63)74-55-56(75-58(67)52-49-46-43-40-37-33-24-21-18-15-12-9-6-3)54-73-57(66)51-48-45-42-39-36-34-31-26-23-20-17-14-11-8-5-2/h7-12,16-21,25-27,29-31,33,35-39,44,47,56,60-63,65,69-70H,4-6,13-15,22-24,28,32,34,40-43,45-46,48-55H2,1-3H3,(H,71,72)/b10-7-,11-8-,12-9-,19-16-,20-17-,21-18-,27-25-,30-29-,31-26-,37-33-,38-35-,39-36-,47-44-. The van der Waals surface area contributed by atoms with Crippen molar-refractivity contribution in [3.63, 3.8) is 0 Å². The lowest BCUT2D eigenvalue weighted by molar-refractivity contribution is -0.301. The zero-order chi connectivity index (χ0) is 56.1. The molecule has 1 heterocycles. The Morgan fingerprint density at radius 1 is 0.429 bits per heavy atom. The number of hydrogen-bond donors (Lipinski definition) is 3. The fourth-order valence-electron chi connectivity index (χ4n) is 7.34. The van der Waals surface area contributed by atoms with Crippen molar-refractivity contribution < 1.29 is 58.2 Å². The monoisotopic (exact) mass is 1070 g/mol. The summed E-state index contributed by atoms with van der Waals surface area (Å²) in [6.07, 6.45) is 62.3. The summed E-state index contributed by atoms with van der Waals surface area (Å²) < 4.78 is 28.2. The van der Waals surface area contributed by atoms with E-state index in [9.17, 15) is 34.5 Å². The molecule has 6 unspecified atom stereocenters. The van der Waals surface area contributed by atoms with Gasteiger partial charge < -0.3 is 39.0 Å². The van der Waals surface area contributed by atoms with Gasteiger partial charge in [0.2, 0.25) is 0 Å². The van der Waals surface area contributed by atoms with Crippen molar-refractivity contribution >= 4 is 23.9 Å². The fourth-order valence-corrected chi connectivity index (χ4v) is 7.34. The van der Waals surface area contributed by atoms with Gasteiger partial charge in [-0.05, 0) is 128 Å². The fraction of sp³-hybridized carbons (Fsp3) is 0.538. The molecule has 1 aliphatic heterocycles. The number of carboxylic acid groups (broad SMARTS) is 1. The molecule has 0 spiro atoms. The Kier molecular flexibility index (Phi) is 46.0. The quantitative estimate of drug-likeness (QED) is 0.0228. The number of carboxylic acids is 1. The van der Waals surface area contributed by atoms with Crippen molar-refractivity contribution in [2.24, 2.45) is 0 Å². The third-order valence-electron chi connectivity index (χ3n) is 11.6. The molecule has 1 aliphatic rings. The SMILES string of the molecule is CC/C=C\C/C=C\C/C=C\C/C=C\C/C=C\C/C=C\CCC(=O)OC1C(OCC(COC(=O)CCCC/C=C\C/C=C\C/C=C\C/C=C\CC)OC(=O)CCCCC/C=C\C/C=C\C/C=C\CC)OC(C(=O)O)C(O)C1O. The molecule has 0 saturated carbocycles. The van der Waals surface area contributed by atoms with Crippen molar-refractivity contribution in [3.8, 4) is 0 Å². The van der Waals surface area contributed by atoms with E-state index in [-0.39, 0.29) is 25.9 Å². The molecule has 1 saturated heterocycles. The number of ether oxygens (including phenoxy) is 5. The summed E-state index contributed by atoms with van der Waals surface area (Å²) in [6.45, 7) is 5.52. The third-order valence-corrected chi connectivity index (χ3v) is 11.6. The molecule has 6 atom stereocenters. The molecule has 0 aromatic carbocycles. The van der Waals surface area contributed by atoms with E-state index in [1.807, 2.05) is 18.2 Å². The molecule has 0 radical (unpaired) electrons. The van der Waals surface area contributed by atoms with Gasteiger partial charge in [-0.3, -0.25) is 14.4 Å². The van der Waals surface area contributed by atoms with E-state index >= 15 is 0 Å². The summed E-state index contributed by atoms with van der Waals surface area (Å²) in [4.78, 5) is 51.0. The van der Waals surface area contributed by atoms with Crippen LogP contribution in [-0.4, -0.2) is 89.2 Å². The topological polar surface area (TPSA) is 175 Å². The van der Waals surface area contributed by atoms with Crippen LogP contribution in [0.5, 0.6) is 0 Å². The van der Waals surface area contributed by atoms with Crippen LogP contribution >= 0.6 is 0 Å². The number of rotatable bonds is 45. The number of carbonyl (C=O) groups excluding carboxylic acids is 3. The van der Waals surface area contributed by atoms with Gasteiger partial charge in [0.1, 0.15) is 18.8 Å². The normalized spacial score (nSPS) is 19.2. The van der Waals surface area contributed by atoms with Crippen LogP contribution < -0.4 is 0 Å². The molecule has 3 N–H and O–H groups in total. The number of unbranched alkanes of at least 4 members (excludes halogenated alkanes) is 5. The first-order valence-corrected chi connectivity index (χ1v) is 28.5. The number of aliphatic hydroxyl groups excluding tert-OH is 2. The number of esters is 3. The zero-order valence-corrected chi connectivity index (χ0v) is 46.9. The smallest absolute Gasteiger partial charge is 0.335 e. The molecule has 12 nitrogen and oxygen atoms in total. The highest BCUT2D eigenvalue weighted by Crippen LogP contribution is 2.26. The lowest BCUT2D eigenvalue weighted by Gasteiger charge is -2.40. The highest BCUT2D eigenvalue weighted by molar-refractivity contribution is 5.74. The second kappa shape index (κ2) is 51.1. The highest BCUT2D eigenvalue weighted by atomic mass is 16.7. The summed E-state index contributed by atoms with van der Waals surface area (Å²) in [5.74, 6) is -3.36. The van der Waals surface area contributed by atoms with Crippen LogP contribution in [0.25, 0.3) is 0 Å². The second-order valence-corrected chi connectivity index (χ2v) is 18.4. The highest BCUT2D eigenvalue weighted by Gasteiger charge is 2.50. The number of allylic oxidation sites excluding steroid dienone is 26. The Bertz CT molecular complexity index is 1940. The molecule has 428 valence electrons. The van der Waals surface area contributed by atoms with Gasteiger partial charge in [-0.25, -0.2) is 4.79 Å². The zero-order valence-electron chi connectivity index (χ0n) is 46.9. The number of carbonyl (C=O) groups is 4. The van der Waals surface area contributed by atoms with Crippen LogP contribution in [0.15, 0.2) is 158 Å². The maximum Gasteiger partial charge on any atom is 0.335 e. The Morgan fingerprint density at radius 3 is 1.23 bits per heavy atom. The predicted octanol–water partition coefficient (Wildman–Crippen LogP) is 14.6. The first kappa shape index (κ1) is 69.4. The van der Waals surface area contributed by atoms with Crippen LogP contribution in [0.4, 0.5) is 0 Å². The van der Waals surface area contributed by atoms with E-state index in [1.54, 1.807) is 0 Å². The third kappa shape index (κ3) is 41.2. The molecule has 0 bridgehead atoms. The average Bonchev–Trinajstić information content (AvgIpc) is 3.42. The Hall–Kier alpha value is -5.66. The molecule has 0 aromatic heterocycles. The summed E-state index contributed by atoms with van der Waals surface area (Å²) in [5.41, 5.74) is 0. The molecule has 0 amide bonds. The summed E-state index contributed by atoms with van der Waals surface area (Å²) >= 11 is 0. The van der Waals surface area contributed by atoms with Crippen LogP contribution in [0.2, 0.25) is 0 Å². The van der Waals surface area contributed by atoms with Gasteiger partial charge in [0.15, 0.2) is 24.6 Å². The van der Waals surface area contributed by atoms with Crippen molar-refractivity contribution in [1.82, 2.24) is 0 Å². The summed E-state index contributed by atoms with van der Waals surface area (Å²) in [5, 5.41) is 31.4. The van der Waals surface area contributed by atoms with Gasteiger partial charge in [-0.15, -0.1) is 0 Å². The first-order chi connectivity index (χ1) is 37.6. The first-order valence-electron chi connectivity index (χ1n) is 28.5. The van der Waals surface area contributed by atoms with E-state index < -0.39 is 67.3 Å². The van der Waals surface area contributed by atoms with E-state index in [0.717, 1.165) is 109 Å². The molecular weight excluding hydrogens is 973 g/mol. The van der Waals surface area contributed by atoms with Crippen LogP contribution in [-0.2, 0) is 42.9 Å². The van der Waals surface area contributed by atoms with Gasteiger partial charge in [0.05, 0.1) is 6.61 Å². The van der Waals surface area contributed by atoms with E-state index in [1.165, 1.54) is 0 Å². The summed E-state index contributed by atoms with van der Waals surface area (Å²) in [7, 11) is 0. The second-order valence-electron chi connectivity index (χ2n) is 18.4. The van der Waals surface area contributed by atoms with Crippen LogP contribution in [0, 0.1) is 0 Å². The molecule has 0 aliphatic carbocycles. The minimum atomic E-state index is -1.95. The van der Waals surface area contributed by atoms with Crippen molar-refractivity contribution in [2.75, 3.05) is 13.2 Å². The van der Waals surface area contributed by atoms with Gasteiger partial charge in [0.25, 0.3) is 0 Å².